The van der Waals surface area contributed by atoms with Gasteiger partial charge >= 0.3 is 0 Å². The first-order valence-electron chi connectivity index (χ1n) is 9.11. The van der Waals surface area contributed by atoms with Crippen LogP contribution in [0, 0.1) is 0 Å². The van der Waals surface area contributed by atoms with E-state index in [1.807, 2.05) is 50.2 Å². The standard InChI is InChI=1S/C22H18ClN3O2S/c1-13(2)26-17-9-8-15(25-21(27)14-7-10-20(23)24-12-14)11-19(17)29-18-6-4-3-5-16(18)22(26)28/h3-13H,1-2H3,(H,25,27). The first kappa shape index (κ1) is 19.5. The Morgan fingerprint density at radius 2 is 1.90 bits per heavy atom. The van der Waals surface area contributed by atoms with Crippen LogP contribution in [0.1, 0.15) is 34.6 Å². The number of benzene rings is 2. The highest BCUT2D eigenvalue weighted by atomic mass is 35.5. The molecule has 5 nitrogen and oxygen atoms in total. The highest BCUT2D eigenvalue weighted by Gasteiger charge is 2.29. The van der Waals surface area contributed by atoms with Gasteiger partial charge in [0.2, 0.25) is 0 Å². The lowest BCUT2D eigenvalue weighted by molar-refractivity contribution is 0.0976. The van der Waals surface area contributed by atoms with Crippen molar-refractivity contribution in [3.63, 3.8) is 0 Å². The Kier molecular flexibility index (Phi) is 5.30. The normalized spacial score (nSPS) is 13.0. The van der Waals surface area contributed by atoms with Gasteiger partial charge in [-0.25, -0.2) is 4.98 Å². The predicted molar refractivity (Wildman–Crippen MR) is 116 cm³/mol. The largest absolute Gasteiger partial charge is 0.322 e. The molecule has 0 atom stereocenters. The second-order valence-electron chi connectivity index (χ2n) is 6.87. The smallest absolute Gasteiger partial charge is 0.259 e. The van der Waals surface area contributed by atoms with E-state index in [4.69, 9.17) is 11.6 Å². The molecule has 2 heterocycles. The lowest BCUT2D eigenvalue weighted by Crippen LogP contribution is -2.36. The Morgan fingerprint density at radius 1 is 1.10 bits per heavy atom. The van der Waals surface area contributed by atoms with E-state index in [-0.39, 0.29) is 17.9 Å². The minimum Gasteiger partial charge on any atom is -0.322 e. The highest BCUT2D eigenvalue weighted by Crippen LogP contribution is 2.43. The van der Waals surface area contributed by atoms with Gasteiger partial charge in [0, 0.05) is 27.7 Å². The second-order valence-corrected chi connectivity index (χ2v) is 8.34. The summed E-state index contributed by atoms with van der Waals surface area (Å²) in [5.41, 5.74) is 2.57. The van der Waals surface area contributed by atoms with E-state index >= 15 is 0 Å². The number of nitrogens with one attached hydrogen (secondary N) is 1. The topological polar surface area (TPSA) is 62.3 Å². The fourth-order valence-electron chi connectivity index (χ4n) is 3.19. The van der Waals surface area contributed by atoms with Crippen molar-refractivity contribution >= 4 is 46.6 Å². The Morgan fingerprint density at radius 3 is 2.62 bits per heavy atom. The molecular formula is C22H18ClN3O2S. The van der Waals surface area contributed by atoms with Crippen molar-refractivity contribution in [3.05, 3.63) is 77.1 Å². The van der Waals surface area contributed by atoms with E-state index in [9.17, 15) is 9.59 Å². The summed E-state index contributed by atoms with van der Waals surface area (Å²) < 4.78 is 0. The Balaban J connectivity index is 1.70. The van der Waals surface area contributed by atoms with E-state index in [1.54, 1.807) is 23.1 Å². The molecule has 2 amide bonds. The molecule has 0 saturated heterocycles. The average molecular weight is 424 g/mol. The van der Waals surface area contributed by atoms with Crippen LogP contribution in [0.5, 0.6) is 0 Å². The van der Waals surface area contributed by atoms with Crippen LogP contribution in [-0.2, 0) is 0 Å². The van der Waals surface area contributed by atoms with E-state index in [1.165, 1.54) is 18.0 Å². The maximum Gasteiger partial charge on any atom is 0.259 e. The van der Waals surface area contributed by atoms with E-state index in [0.29, 0.717) is 22.0 Å². The number of halogens is 1. The van der Waals surface area contributed by atoms with Crippen LogP contribution < -0.4 is 10.2 Å². The molecule has 1 aromatic heterocycles. The zero-order valence-electron chi connectivity index (χ0n) is 15.8. The summed E-state index contributed by atoms with van der Waals surface area (Å²) in [5, 5.41) is 3.22. The van der Waals surface area contributed by atoms with Crippen LogP contribution >= 0.6 is 23.4 Å². The maximum absolute atomic E-state index is 13.1. The third-order valence-corrected chi connectivity index (χ3v) is 5.89. The molecule has 0 aliphatic carbocycles. The summed E-state index contributed by atoms with van der Waals surface area (Å²) in [6.07, 6.45) is 1.44. The van der Waals surface area contributed by atoms with Gasteiger partial charge < -0.3 is 10.2 Å². The lowest BCUT2D eigenvalue weighted by Gasteiger charge is -2.27. The van der Waals surface area contributed by atoms with Crippen molar-refractivity contribution in [2.75, 3.05) is 10.2 Å². The summed E-state index contributed by atoms with van der Waals surface area (Å²) in [4.78, 5) is 33.2. The molecule has 1 N–H and O–H groups in total. The molecule has 4 rings (SSSR count). The number of carbonyl (C=O) groups is 2. The van der Waals surface area contributed by atoms with Gasteiger partial charge in [0.05, 0.1) is 16.8 Å². The van der Waals surface area contributed by atoms with Crippen molar-refractivity contribution in [2.24, 2.45) is 0 Å². The van der Waals surface area contributed by atoms with Crippen LogP contribution in [0.25, 0.3) is 0 Å². The van der Waals surface area contributed by atoms with Crippen molar-refractivity contribution in [3.8, 4) is 0 Å². The number of aromatic nitrogens is 1. The molecule has 146 valence electrons. The van der Waals surface area contributed by atoms with Gasteiger partial charge in [-0.2, -0.15) is 0 Å². The number of carbonyl (C=O) groups excluding carboxylic acids is 2. The average Bonchev–Trinajstić information content (AvgIpc) is 2.82. The van der Waals surface area contributed by atoms with Crippen LogP contribution in [0.4, 0.5) is 11.4 Å². The number of fused-ring (bicyclic) bond motifs is 2. The Bertz CT molecular complexity index is 1100. The summed E-state index contributed by atoms with van der Waals surface area (Å²) in [7, 11) is 0. The molecule has 3 aromatic rings. The van der Waals surface area contributed by atoms with Crippen molar-refractivity contribution < 1.29 is 9.59 Å². The molecule has 0 saturated carbocycles. The fourth-order valence-corrected chi connectivity index (χ4v) is 4.41. The van der Waals surface area contributed by atoms with Crippen LogP contribution in [0.3, 0.4) is 0 Å². The number of nitrogens with zero attached hydrogens (tertiary/aromatic N) is 2. The summed E-state index contributed by atoms with van der Waals surface area (Å²) >= 11 is 7.31. The molecule has 0 radical (unpaired) electrons. The van der Waals surface area contributed by atoms with Crippen molar-refractivity contribution in [1.29, 1.82) is 0 Å². The number of amides is 2. The number of rotatable bonds is 3. The highest BCUT2D eigenvalue weighted by molar-refractivity contribution is 7.99. The number of anilines is 2. The van der Waals surface area contributed by atoms with Gasteiger partial charge in [0.15, 0.2) is 0 Å². The minimum absolute atomic E-state index is 0.00594. The fraction of sp³-hybridized carbons (Fsp3) is 0.136. The molecule has 0 spiro atoms. The first-order chi connectivity index (χ1) is 13.9. The first-order valence-corrected chi connectivity index (χ1v) is 10.3. The van der Waals surface area contributed by atoms with Gasteiger partial charge in [-0.1, -0.05) is 35.5 Å². The quantitative estimate of drug-likeness (QED) is 0.564. The van der Waals surface area contributed by atoms with Crippen LogP contribution in [-0.4, -0.2) is 22.8 Å². The second kappa shape index (κ2) is 7.89. The predicted octanol–water partition coefficient (Wildman–Crippen LogP) is 5.51. The third kappa shape index (κ3) is 3.86. The van der Waals surface area contributed by atoms with Crippen LogP contribution in [0.15, 0.2) is 70.6 Å². The monoisotopic (exact) mass is 423 g/mol. The van der Waals surface area contributed by atoms with Crippen molar-refractivity contribution in [1.82, 2.24) is 4.98 Å². The molecule has 7 heteroatoms. The molecule has 2 aromatic carbocycles. The summed E-state index contributed by atoms with van der Waals surface area (Å²) in [6, 6.07) is 16.4. The summed E-state index contributed by atoms with van der Waals surface area (Å²) in [5.74, 6) is -0.296. The number of pyridine rings is 1. The lowest BCUT2D eigenvalue weighted by atomic mass is 10.1. The number of hydrogen-bond donors (Lipinski definition) is 1. The molecule has 0 fully saturated rings. The Hall–Kier alpha value is -2.83. The molecule has 1 aliphatic rings. The van der Waals surface area contributed by atoms with Gasteiger partial charge in [-0.05, 0) is 56.3 Å². The van der Waals surface area contributed by atoms with Crippen LogP contribution in [0.2, 0.25) is 5.15 Å². The zero-order valence-corrected chi connectivity index (χ0v) is 17.4. The SMILES string of the molecule is CC(C)N1C(=O)c2ccccc2Sc2cc(NC(=O)c3ccc(Cl)nc3)ccc21. The van der Waals surface area contributed by atoms with Gasteiger partial charge in [0.25, 0.3) is 11.8 Å². The molecule has 29 heavy (non-hydrogen) atoms. The zero-order chi connectivity index (χ0) is 20.5. The minimum atomic E-state index is -0.273. The van der Waals surface area contributed by atoms with Crippen molar-refractivity contribution in [2.45, 2.75) is 29.7 Å². The van der Waals surface area contributed by atoms with E-state index < -0.39 is 0 Å². The van der Waals surface area contributed by atoms with Gasteiger partial charge in [-0.3, -0.25) is 9.59 Å². The van der Waals surface area contributed by atoms with E-state index in [2.05, 4.69) is 10.3 Å². The molecular weight excluding hydrogens is 406 g/mol. The summed E-state index contributed by atoms with van der Waals surface area (Å²) in [6.45, 7) is 3.98. The maximum atomic E-state index is 13.1. The van der Waals surface area contributed by atoms with Gasteiger partial charge in [-0.15, -0.1) is 0 Å². The molecule has 0 bridgehead atoms. The van der Waals surface area contributed by atoms with Gasteiger partial charge in [0.1, 0.15) is 5.15 Å². The third-order valence-electron chi connectivity index (χ3n) is 4.54. The molecule has 1 aliphatic heterocycles. The molecule has 0 unspecified atom stereocenters. The number of hydrogen-bond acceptors (Lipinski definition) is 4. The Labute approximate surface area is 178 Å². The van der Waals surface area contributed by atoms with E-state index in [0.717, 1.165) is 15.5 Å².